The minimum atomic E-state index is 0.575. The standard InChI is InChI=1S/C12H24N2S2/c1-11(16-15)13-9-5-12(6-10-13)14-7-3-2-4-8-14/h11-12,15H,2-10H2,1H3. The molecule has 1 unspecified atom stereocenters. The number of hydrogen-bond acceptors (Lipinski definition) is 4. The summed E-state index contributed by atoms with van der Waals surface area (Å²) < 4.78 is 0. The summed E-state index contributed by atoms with van der Waals surface area (Å²) in [4.78, 5) is 5.30. The van der Waals surface area contributed by atoms with E-state index in [1.165, 1.54) is 58.3 Å². The van der Waals surface area contributed by atoms with Crippen LogP contribution in [0.3, 0.4) is 0 Å². The van der Waals surface area contributed by atoms with Gasteiger partial charge in [-0.2, -0.15) is 0 Å². The van der Waals surface area contributed by atoms with Gasteiger partial charge in [-0.15, -0.1) is 11.7 Å². The third-order valence-corrected chi connectivity index (χ3v) is 5.59. The van der Waals surface area contributed by atoms with Crippen molar-refractivity contribution in [2.75, 3.05) is 26.2 Å². The van der Waals surface area contributed by atoms with E-state index in [2.05, 4.69) is 28.4 Å². The fourth-order valence-electron chi connectivity index (χ4n) is 2.96. The number of thiol groups is 1. The summed E-state index contributed by atoms with van der Waals surface area (Å²) in [5.41, 5.74) is 0. The molecule has 0 spiro atoms. The van der Waals surface area contributed by atoms with Gasteiger partial charge >= 0.3 is 0 Å². The Balaban J connectivity index is 1.75. The Hall–Kier alpha value is 0.620. The molecule has 0 radical (unpaired) electrons. The molecule has 2 nitrogen and oxygen atoms in total. The Morgan fingerprint density at radius 2 is 1.69 bits per heavy atom. The summed E-state index contributed by atoms with van der Waals surface area (Å²) >= 11 is 4.31. The van der Waals surface area contributed by atoms with E-state index in [1.807, 2.05) is 0 Å². The lowest BCUT2D eigenvalue weighted by Crippen LogP contribution is -2.48. The highest BCUT2D eigenvalue weighted by molar-refractivity contribution is 8.68. The van der Waals surface area contributed by atoms with Gasteiger partial charge < -0.3 is 4.90 Å². The second-order valence-corrected chi connectivity index (χ2v) is 6.59. The van der Waals surface area contributed by atoms with Crippen LogP contribution in [0, 0.1) is 0 Å². The van der Waals surface area contributed by atoms with Gasteiger partial charge in [0.15, 0.2) is 0 Å². The molecule has 4 heteroatoms. The predicted octanol–water partition coefficient (Wildman–Crippen LogP) is 2.86. The zero-order valence-electron chi connectivity index (χ0n) is 10.3. The molecule has 1 atom stereocenters. The summed E-state index contributed by atoms with van der Waals surface area (Å²) in [7, 11) is 1.67. The first-order valence-corrected chi connectivity index (χ1v) is 8.53. The number of nitrogens with zero attached hydrogens (tertiary/aromatic N) is 2. The van der Waals surface area contributed by atoms with Gasteiger partial charge in [0, 0.05) is 19.1 Å². The monoisotopic (exact) mass is 260 g/mol. The first-order valence-electron chi connectivity index (χ1n) is 6.59. The zero-order valence-corrected chi connectivity index (χ0v) is 12.0. The fourth-order valence-corrected chi connectivity index (χ4v) is 3.71. The lowest BCUT2D eigenvalue weighted by molar-refractivity contribution is 0.0906. The molecule has 2 saturated heterocycles. The van der Waals surface area contributed by atoms with E-state index >= 15 is 0 Å². The van der Waals surface area contributed by atoms with Crippen LogP contribution in [0.4, 0.5) is 0 Å². The maximum Gasteiger partial charge on any atom is 0.0630 e. The molecule has 0 aromatic rings. The summed E-state index contributed by atoms with van der Waals surface area (Å²) in [6.45, 7) is 7.48. The minimum Gasteiger partial charge on any atom is -0.300 e. The predicted molar refractivity (Wildman–Crippen MR) is 76.1 cm³/mol. The molecular formula is C12H24N2S2. The average Bonchev–Trinajstić information content (AvgIpc) is 2.39. The second kappa shape index (κ2) is 6.53. The third-order valence-electron chi connectivity index (χ3n) is 4.07. The highest BCUT2D eigenvalue weighted by Gasteiger charge is 2.27. The molecule has 0 aromatic heterocycles. The van der Waals surface area contributed by atoms with E-state index in [4.69, 9.17) is 0 Å². The Bertz CT molecular complexity index is 199. The van der Waals surface area contributed by atoms with E-state index in [0.29, 0.717) is 5.37 Å². The van der Waals surface area contributed by atoms with Crippen LogP contribution in [0.5, 0.6) is 0 Å². The molecular weight excluding hydrogens is 236 g/mol. The van der Waals surface area contributed by atoms with Crippen molar-refractivity contribution in [3.63, 3.8) is 0 Å². The molecule has 0 aliphatic carbocycles. The van der Waals surface area contributed by atoms with E-state index in [-0.39, 0.29) is 0 Å². The molecule has 2 rings (SSSR count). The average molecular weight is 260 g/mol. The molecule has 2 fully saturated rings. The lowest BCUT2D eigenvalue weighted by atomic mass is 10.00. The van der Waals surface area contributed by atoms with Gasteiger partial charge in [0.05, 0.1) is 5.37 Å². The van der Waals surface area contributed by atoms with Crippen molar-refractivity contribution in [1.82, 2.24) is 9.80 Å². The first kappa shape index (κ1) is 13.1. The number of likely N-dealkylation sites (tertiary alicyclic amines) is 2. The van der Waals surface area contributed by atoms with E-state index in [1.54, 1.807) is 10.8 Å². The molecule has 2 aliphatic rings. The van der Waals surface area contributed by atoms with Crippen LogP contribution < -0.4 is 0 Å². The molecule has 16 heavy (non-hydrogen) atoms. The highest BCUT2D eigenvalue weighted by atomic mass is 33.1. The van der Waals surface area contributed by atoms with Gasteiger partial charge in [-0.25, -0.2) is 0 Å². The topological polar surface area (TPSA) is 6.48 Å². The van der Waals surface area contributed by atoms with E-state index in [9.17, 15) is 0 Å². The lowest BCUT2D eigenvalue weighted by Gasteiger charge is -2.41. The second-order valence-electron chi connectivity index (χ2n) is 5.07. The molecule has 94 valence electrons. The van der Waals surface area contributed by atoms with Crippen LogP contribution in [0.1, 0.15) is 39.0 Å². The van der Waals surface area contributed by atoms with E-state index < -0.39 is 0 Å². The number of hydrogen-bond donors (Lipinski definition) is 1. The molecule has 0 saturated carbocycles. The van der Waals surface area contributed by atoms with Gasteiger partial charge in [0.2, 0.25) is 0 Å². The molecule has 2 aliphatic heterocycles. The molecule has 0 aromatic carbocycles. The number of rotatable bonds is 3. The van der Waals surface area contributed by atoms with Crippen LogP contribution in [0.15, 0.2) is 0 Å². The summed E-state index contributed by atoms with van der Waals surface area (Å²) in [5, 5.41) is 0.575. The summed E-state index contributed by atoms with van der Waals surface area (Å²) in [6, 6.07) is 0.869. The first-order chi connectivity index (χ1) is 7.81. The Morgan fingerprint density at radius 1 is 1.06 bits per heavy atom. The van der Waals surface area contributed by atoms with Crippen molar-refractivity contribution in [3.8, 4) is 0 Å². The Labute approximate surface area is 109 Å². The maximum absolute atomic E-state index is 4.31. The molecule has 0 amide bonds. The fraction of sp³-hybridized carbons (Fsp3) is 1.00. The number of piperidine rings is 2. The Kier molecular flexibility index (Phi) is 5.33. The third kappa shape index (κ3) is 3.31. The minimum absolute atomic E-state index is 0.575. The van der Waals surface area contributed by atoms with Crippen molar-refractivity contribution in [2.45, 2.75) is 50.4 Å². The van der Waals surface area contributed by atoms with Crippen LogP contribution in [0.2, 0.25) is 0 Å². The SMILES string of the molecule is CC(SS)N1CCC(N2CCCCC2)CC1. The van der Waals surface area contributed by atoms with Crippen LogP contribution in [-0.4, -0.2) is 47.4 Å². The van der Waals surface area contributed by atoms with Crippen LogP contribution in [-0.2, 0) is 0 Å². The van der Waals surface area contributed by atoms with E-state index in [0.717, 1.165) is 6.04 Å². The van der Waals surface area contributed by atoms with Crippen molar-refractivity contribution in [3.05, 3.63) is 0 Å². The van der Waals surface area contributed by atoms with Crippen LogP contribution in [0.25, 0.3) is 0 Å². The maximum atomic E-state index is 4.31. The van der Waals surface area contributed by atoms with Crippen molar-refractivity contribution in [1.29, 1.82) is 0 Å². The molecule has 0 N–H and O–H groups in total. The quantitative estimate of drug-likeness (QED) is 0.616. The summed E-state index contributed by atoms with van der Waals surface area (Å²) in [5.74, 6) is 0. The summed E-state index contributed by atoms with van der Waals surface area (Å²) in [6.07, 6.45) is 7.01. The van der Waals surface area contributed by atoms with Gasteiger partial charge in [-0.05, 0) is 45.7 Å². The zero-order chi connectivity index (χ0) is 11.4. The Morgan fingerprint density at radius 3 is 2.25 bits per heavy atom. The van der Waals surface area contributed by atoms with Gasteiger partial charge in [0.1, 0.15) is 0 Å². The highest BCUT2D eigenvalue weighted by Crippen LogP contribution is 2.25. The molecule has 0 bridgehead atoms. The largest absolute Gasteiger partial charge is 0.300 e. The van der Waals surface area contributed by atoms with Gasteiger partial charge in [0.25, 0.3) is 0 Å². The molecule has 2 heterocycles. The van der Waals surface area contributed by atoms with Crippen LogP contribution >= 0.6 is 22.5 Å². The van der Waals surface area contributed by atoms with Crippen molar-refractivity contribution in [2.24, 2.45) is 0 Å². The smallest absolute Gasteiger partial charge is 0.0630 e. The van der Waals surface area contributed by atoms with Crippen molar-refractivity contribution >= 4 is 22.5 Å². The van der Waals surface area contributed by atoms with Gasteiger partial charge in [-0.1, -0.05) is 17.2 Å². The van der Waals surface area contributed by atoms with Gasteiger partial charge in [-0.3, -0.25) is 4.90 Å². The normalized spacial score (nSPS) is 28.1. The van der Waals surface area contributed by atoms with Crippen molar-refractivity contribution < 1.29 is 0 Å².